The molecule has 0 heterocycles. The molecule has 0 radical (unpaired) electrons. The highest BCUT2D eigenvalue weighted by Gasteiger charge is 2.04. The van der Waals surface area contributed by atoms with Crippen molar-refractivity contribution in [2.75, 3.05) is 0 Å². The molecule has 0 aromatic carbocycles. The standard InChI is InChI=1S/C8H10N2/c1-3-8(4-5-9)7(2)6-10/h3,7H,4H2,1-2H3/b8-3+/t7-/m0/s1. The van der Waals surface area contributed by atoms with Crippen molar-refractivity contribution in [3.8, 4) is 12.1 Å². The van der Waals surface area contributed by atoms with Crippen molar-refractivity contribution in [2.45, 2.75) is 20.3 Å². The van der Waals surface area contributed by atoms with Crippen LogP contribution in [0.3, 0.4) is 0 Å². The molecule has 0 aliphatic carbocycles. The van der Waals surface area contributed by atoms with Crippen LogP contribution >= 0.6 is 0 Å². The van der Waals surface area contributed by atoms with Gasteiger partial charge in [-0.25, -0.2) is 0 Å². The summed E-state index contributed by atoms with van der Waals surface area (Å²) in [6.45, 7) is 3.65. The van der Waals surface area contributed by atoms with E-state index in [0.29, 0.717) is 6.42 Å². The van der Waals surface area contributed by atoms with Gasteiger partial charge in [0.2, 0.25) is 0 Å². The lowest BCUT2D eigenvalue weighted by atomic mass is 10.0. The monoisotopic (exact) mass is 134 g/mol. The van der Waals surface area contributed by atoms with Crippen LogP contribution in [0.15, 0.2) is 11.6 Å². The third-order valence-electron chi connectivity index (χ3n) is 1.40. The van der Waals surface area contributed by atoms with Crippen molar-refractivity contribution in [3.05, 3.63) is 11.6 Å². The lowest BCUT2D eigenvalue weighted by Crippen LogP contribution is -1.94. The summed E-state index contributed by atoms with van der Waals surface area (Å²) in [4.78, 5) is 0. The summed E-state index contributed by atoms with van der Waals surface area (Å²) in [6, 6.07) is 4.10. The van der Waals surface area contributed by atoms with Crippen LogP contribution < -0.4 is 0 Å². The SMILES string of the molecule is C/C=C(\CC#N)[C@@H](C)C#N. The molecule has 10 heavy (non-hydrogen) atoms. The van der Waals surface area contributed by atoms with E-state index >= 15 is 0 Å². The van der Waals surface area contributed by atoms with E-state index < -0.39 is 0 Å². The first kappa shape index (κ1) is 8.72. The average Bonchev–Trinajstić information content (AvgIpc) is 1.99. The van der Waals surface area contributed by atoms with Crippen molar-refractivity contribution in [1.82, 2.24) is 0 Å². The molecule has 0 aliphatic rings. The van der Waals surface area contributed by atoms with Gasteiger partial charge in [0.05, 0.1) is 24.5 Å². The highest BCUT2D eigenvalue weighted by molar-refractivity contribution is 5.15. The molecule has 0 N–H and O–H groups in total. The van der Waals surface area contributed by atoms with Crippen molar-refractivity contribution in [2.24, 2.45) is 5.92 Å². The van der Waals surface area contributed by atoms with Gasteiger partial charge in [0.1, 0.15) is 0 Å². The zero-order valence-electron chi connectivity index (χ0n) is 6.26. The van der Waals surface area contributed by atoms with Crippen molar-refractivity contribution < 1.29 is 0 Å². The fourth-order valence-corrected chi connectivity index (χ4v) is 0.679. The maximum absolute atomic E-state index is 8.46. The third-order valence-corrected chi connectivity index (χ3v) is 1.40. The molecule has 0 fully saturated rings. The van der Waals surface area contributed by atoms with Gasteiger partial charge in [0, 0.05) is 0 Å². The van der Waals surface area contributed by atoms with Gasteiger partial charge < -0.3 is 0 Å². The Morgan fingerprint density at radius 1 is 1.60 bits per heavy atom. The quantitative estimate of drug-likeness (QED) is 0.542. The highest BCUT2D eigenvalue weighted by atomic mass is 14.3. The molecular formula is C8H10N2. The molecule has 0 spiro atoms. The smallest absolute Gasteiger partial charge is 0.0697 e. The van der Waals surface area contributed by atoms with Gasteiger partial charge in [-0.2, -0.15) is 10.5 Å². The van der Waals surface area contributed by atoms with Crippen LogP contribution in [0.4, 0.5) is 0 Å². The molecule has 0 bridgehead atoms. The summed E-state index contributed by atoms with van der Waals surface area (Å²) in [6.07, 6.45) is 2.20. The van der Waals surface area contributed by atoms with E-state index in [1.54, 1.807) is 6.92 Å². The lowest BCUT2D eigenvalue weighted by molar-refractivity contribution is 0.847. The molecule has 0 saturated carbocycles. The Hall–Kier alpha value is -1.28. The van der Waals surface area contributed by atoms with Crippen molar-refractivity contribution in [3.63, 3.8) is 0 Å². The Bertz CT molecular complexity index is 202. The Morgan fingerprint density at radius 3 is 2.50 bits per heavy atom. The zero-order valence-corrected chi connectivity index (χ0v) is 6.26. The first-order chi connectivity index (χ1) is 4.76. The van der Waals surface area contributed by atoms with Crippen LogP contribution in [-0.4, -0.2) is 0 Å². The molecule has 0 aromatic rings. The van der Waals surface area contributed by atoms with Crippen LogP contribution in [0, 0.1) is 28.6 Å². The first-order valence-corrected chi connectivity index (χ1v) is 3.18. The minimum Gasteiger partial charge on any atom is -0.198 e. The fourth-order valence-electron chi connectivity index (χ4n) is 0.679. The van der Waals surface area contributed by atoms with Gasteiger partial charge in [-0.1, -0.05) is 6.08 Å². The second-order valence-corrected chi connectivity index (χ2v) is 2.05. The number of nitrogens with zero attached hydrogens (tertiary/aromatic N) is 2. The number of nitriles is 2. The first-order valence-electron chi connectivity index (χ1n) is 3.18. The number of hydrogen-bond donors (Lipinski definition) is 0. The molecule has 2 nitrogen and oxygen atoms in total. The molecule has 2 heteroatoms. The van der Waals surface area contributed by atoms with Crippen LogP contribution in [0.2, 0.25) is 0 Å². The summed E-state index contributed by atoms with van der Waals surface area (Å²) in [5.74, 6) is -0.121. The van der Waals surface area contributed by atoms with Gasteiger partial charge in [0.15, 0.2) is 0 Å². The fraction of sp³-hybridized carbons (Fsp3) is 0.500. The topological polar surface area (TPSA) is 47.6 Å². The average molecular weight is 134 g/mol. The molecule has 0 saturated heterocycles. The maximum Gasteiger partial charge on any atom is 0.0697 e. The Morgan fingerprint density at radius 2 is 2.20 bits per heavy atom. The Labute approximate surface area is 61.4 Å². The van der Waals surface area contributed by atoms with Gasteiger partial charge >= 0.3 is 0 Å². The van der Waals surface area contributed by atoms with E-state index in [1.165, 1.54) is 0 Å². The summed E-state index contributed by atoms with van der Waals surface area (Å²) < 4.78 is 0. The van der Waals surface area contributed by atoms with Gasteiger partial charge in [-0.05, 0) is 19.4 Å². The van der Waals surface area contributed by atoms with Gasteiger partial charge in [-0.3, -0.25) is 0 Å². The van der Waals surface area contributed by atoms with Crippen LogP contribution in [0.25, 0.3) is 0 Å². The molecule has 0 unspecified atom stereocenters. The van der Waals surface area contributed by atoms with Gasteiger partial charge in [0.25, 0.3) is 0 Å². The van der Waals surface area contributed by atoms with Crippen molar-refractivity contribution in [1.29, 1.82) is 10.5 Å². The third kappa shape index (κ3) is 2.33. The van der Waals surface area contributed by atoms with E-state index in [2.05, 4.69) is 6.07 Å². The summed E-state index contributed by atoms with van der Waals surface area (Å²) in [5, 5.41) is 16.8. The Balaban J connectivity index is 4.15. The zero-order chi connectivity index (χ0) is 7.98. The predicted octanol–water partition coefficient (Wildman–Crippen LogP) is 2.01. The second-order valence-electron chi connectivity index (χ2n) is 2.05. The second kappa shape index (κ2) is 4.58. The van der Waals surface area contributed by atoms with E-state index in [0.717, 1.165) is 5.57 Å². The minimum atomic E-state index is -0.121. The summed E-state index contributed by atoms with van der Waals surface area (Å²) in [7, 11) is 0. The summed E-state index contributed by atoms with van der Waals surface area (Å²) >= 11 is 0. The van der Waals surface area contributed by atoms with E-state index in [9.17, 15) is 0 Å². The molecule has 0 aromatic heterocycles. The lowest BCUT2D eigenvalue weighted by Gasteiger charge is -2.01. The largest absolute Gasteiger partial charge is 0.198 e. The van der Waals surface area contributed by atoms with Crippen LogP contribution in [0.5, 0.6) is 0 Å². The minimum absolute atomic E-state index is 0.121. The maximum atomic E-state index is 8.46. The number of rotatable bonds is 2. The molecule has 52 valence electrons. The molecule has 0 aliphatic heterocycles. The predicted molar refractivity (Wildman–Crippen MR) is 38.8 cm³/mol. The highest BCUT2D eigenvalue weighted by Crippen LogP contribution is 2.11. The molecular weight excluding hydrogens is 124 g/mol. The summed E-state index contributed by atoms with van der Waals surface area (Å²) in [5.41, 5.74) is 0.907. The Kier molecular flexibility index (Phi) is 4.00. The van der Waals surface area contributed by atoms with E-state index in [4.69, 9.17) is 10.5 Å². The normalized spacial score (nSPS) is 13.4. The van der Waals surface area contributed by atoms with Crippen LogP contribution in [0.1, 0.15) is 20.3 Å². The number of allylic oxidation sites excluding steroid dienone is 2. The van der Waals surface area contributed by atoms with E-state index in [1.807, 2.05) is 19.1 Å². The molecule has 0 amide bonds. The molecule has 1 atom stereocenters. The van der Waals surface area contributed by atoms with Gasteiger partial charge in [-0.15, -0.1) is 0 Å². The molecule has 0 rings (SSSR count). The van der Waals surface area contributed by atoms with Crippen LogP contribution in [-0.2, 0) is 0 Å². The number of hydrogen-bond acceptors (Lipinski definition) is 2. The van der Waals surface area contributed by atoms with E-state index in [-0.39, 0.29) is 5.92 Å². The van der Waals surface area contributed by atoms with Crippen molar-refractivity contribution >= 4 is 0 Å².